The lowest BCUT2D eigenvalue weighted by molar-refractivity contribution is -0.384. The number of hydrogen-bond donors (Lipinski definition) is 3. The second-order valence-electron chi connectivity index (χ2n) is 5.45. The van der Waals surface area contributed by atoms with Crippen LogP contribution in [0.5, 0.6) is 0 Å². The minimum Gasteiger partial charge on any atom is -0.386 e. The van der Waals surface area contributed by atoms with E-state index in [1.165, 1.54) is 18.3 Å². The van der Waals surface area contributed by atoms with Crippen molar-refractivity contribution in [1.82, 2.24) is 5.32 Å². The molecule has 0 atom stereocenters. The third kappa shape index (κ3) is 5.54. The van der Waals surface area contributed by atoms with Crippen molar-refractivity contribution >= 4 is 28.9 Å². The molecule has 0 fully saturated rings. The van der Waals surface area contributed by atoms with Crippen LogP contribution < -0.4 is 16.4 Å². The average Bonchev–Trinajstić information content (AvgIpc) is 2.66. The van der Waals surface area contributed by atoms with Crippen LogP contribution in [0.4, 0.5) is 11.4 Å². The van der Waals surface area contributed by atoms with Gasteiger partial charge in [0.2, 0.25) is 0 Å². The van der Waals surface area contributed by atoms with Gasteiger partial charge in [0.25, 0.3) is 11.6 Å². The first kappa shape index (κ1) is 19.9. The molecule has 0 saturated carbocycles. The van der Waals surface area contributed by atoms with E-state index in [4.69, 9.17) is 17.3 Å². The Morgan fingerprint density at radius 3 is 2.70 bits per heavy atom. The van der Waals surface area contributed by atoms with Crippen LogP contribution in [0.1, 0.15) is 11.1 Å². The van der Waals surface area contributed by atoms with Crippen LogP contribution in [-0.4, -0.2) is 10.8 Å². The second kappa shape index (κ2) is 9.33. The van der Waals surface area contributed by atoms with Gasteiger partial charge in [-0.2, -0.15) is 5.26 Å². The highest BCUT2D eigenvalue weighted by Gasteiger charge is 2.15. The minimum absolute atomic E-state index is 0.0459. The Kier molecular flexibility index (Phi) is 6.88. The predicted octanol–water partition coefficient (Wildman–Crippen LogP) is 2.84. The van der Waals surface area contributed by atoms with Gasteiger partial charge in [-0.1, -0.05) is 35.9 Å². The molecule has 0 aliphatic carbocycles. The largest absolute Gasteiger partial charge is 0.386 e. The molecule has 0 bridgehead atoms. The molecule has 8 nitrogen and oxygen atoms in total. The lowest BCUT2D eigenvalue weighted by Gasteiger charge is -2.06. The van der Waals surface area contributed by atoms with Gasteiger partial charge in [0.05, 0.1) is 4.92 Å². The molecule has 4 N–H and O–H groups in total. The number of amides is 1. The zero-order valence-corrected chi connectivity index (χ0v) is 14.9. The number of carbonyl (C=O) groups is 1. The first-order valence-corrected chi connectivity index (χ1v) is 8.19. The van der Waals surface area contributed by atoms with Gasteiger partial charge < -0.3 is 16.4 Å². The fraction of sp³-hybridized carbons (Fsp3) is 0.111. The lowest BCUT2D eigenvalue weighted by Crippen LogP contribution is -2.16. The molecule has 1 amide bonds. The number of anilines is 1. The summed E-state index contributed by atoms with van der Waals surface area (Å²) in [5.74, 6) is -0.697. The van der Waals surface area contributed by atoms with Crippen LogP contribution in [-0.2, 0) is 17.9 Å². The molecule has 9 heteroatoms. The number of nitro benzene ring substituents is 1. The topological polar surface area (TPSA) is 134 Å². The van der Waals surface area contributed by atoms with E-state index in [0.29, 0.717) is 13.1 Å². The van der Waals surface area contributed by atoms with E-state index < -0.39 is 10.8 Å². The van der Waals surface area contributed by atoms with Gasteiger partial charge in [0, 0.05) is 31.0 Å². The number of nitrogens with one attached hydrogen (secondary N) is 2. The van der Waals surface area contributed by atoms with Crippen molar-refractivity contribution in [2.75, 3.05) is 5.32 Å². The Morgan fingerprint density at radius 2 is 2.04 bits per heavy atom. The maximum atomic E-state index is 12.2. The molecule has 2 aromatic rings. The van der Waals surface area contributed by atoms with Crippen molar-refractivity contribution in [2.24, 2.45) is 5.73 Å². The van der Waals surface area contributed by atoms with E-state index in [1.807, 2.05) is 24.3 Å². The fourth-order valence-corrected chi connectivity index (χ4v) is 2.40. The third-order valence-electron chi connectivity index (χ3n) is 3.55. The van der Waals surface area contributed by atoms with Gasteiger partial charge in [-0.25, -0.2) is 0 Å². The van der Waals surface area contributed by atoms with Crippen LogP contribution in [0.3, 0.4) is 0 Å². The Hall–Kier alpha value is -3.41. The molecule has 0 unspecified atom stereocenters. The summed E-state index contributed by atoms with van der Waals surface area (Å²) < 4.78 is 0. The van der Waals surface area contributed by atoms with Crippen LogP contribution in [0.25, 0.3) is 0 Å². The number of halogens is 1. The van der Waals surface area contributed by atoms with Crippen LogP contribution in [0.2, 0.25) is 5.02 Å². The van der Waals surface area contributed by atoms with Crippen molar-refractivity contribution in [3.8, 4) is 6.07 Å². The van der Waals surface area contributed by atoms with Crippen LogP contribution in [0.15, 0.2) is 54.2 Å². The van der Waals surface area contributed by atoms with Gasteiger partial charge in [-0.15, -0.1) is 0 Å². The Bertz CT molecular complexity index is 937. The van der Waals surface area contributed by atoms with E-state index in [-0.39, 0.29) is 22.0 Å². The maximum absolute atomic E-state index is 12.2. The first-order chi connectivity index (χ1) is 12.9. The van der Waals surface area contributed by atoms with Crippen LogP contribution >= 0.6 is 11.6 Å². The molecule has 0 spiro atoms. The highest BCUT2D eigenvalue weighted by molar-refractivity contribution is 6.32. The monoisotopic (exact) mass is 385 g/mol. The Morgan fingerprint density at radius 1 is 1.30 bits per heavy atom. The van der Waals surface area contributed by atoms with E-state index in [2.05, 4.69) is 10.6 Å². The summed E-state index contributed by atoms with van der Waals surface area (Å²) in [6.07, 6.45) is 1.29. The molecule has 2 rings (SSSR count). The van der Waals surface area contributed by atoms with Crippen molar-refractivity contribution < 1.29 is 9.72 Å². The summed E-state index contributed by atoms with van der Waals surface area (Å²) in [5, 5.41) is 25.4. The highest BCUT2D eigenvalue weighted by Crippen LogP contribution is 2.27. The summed E-state index contributed by atoms with van der Waals surface area (Å²) in [5.41, 5.74) is 7.15. The second-order valence-corrected chi connectivity index (χ2v) is 5.86. The molecule has 0 aliphatic rings. The quantitative estimate of drug-likeness (QED) is 0.290. The normalized spacial score (nSPS) is 10.8. The van der Waals surface area contributed by atoms with Crippen LogP contribution in [0, 0.1) is 21.4 Å². The number of benzene rings is 2. The van der Waals surface area contributed by atoms with Crippen molar-refractivity contribution in [3.05, 3.63) is 80.5 Å². The summed E-state index contributed by atoms with van der Waals surface area (Å²) in [6.45, 7) is 0.821. The van der Waals surface area contributed by atoms with Gasteiger partial charge in [-0.3, -0.25) is 14.9 Å². The first-order valence-electron chi connectivity index (χ1n) is 7.81. The van der Waals surface area contributed by atoms with E-state index in [0.717, 1.165) is 17.2 Å². The van der Waals surface area contributed by atoms with Crippen molar-refractivity contribution in [2.45, 2.75) is 13.1 Å². The summed E-state index contributed by atoms with van der Waals surface area (Å²) in [4.78, 5) is 22.4. The molecular formula is C18H16ClN5O3. The smallest absolute Gasteiger partial charge is 0.289 e. The molecule has 0 aliphatic heterocycles. The lowest BCUT2D eigenvalue weighted by atomic mass is 10.1. The molecule has 0 heterocycles. The number of nitro groups is 1. The van der Waals surface area contributed by atoms with Gasteiger partial charge >= 0.3 is 0 Å². The zero-order valence-electron chi connectivity index (χ0n) is 14.1. The fourth-order valence-electron chi connectivity index (χ4n) is 2.21. The maximum Gasteiger partial charge on any atom is 0.289 e. The Balaban J connectivity index is 2.05. The number of rotatable bonds is 7. The summed E-state index contributed by atoms with van der Waals surface area (Å²) >= 11 is 5.73. The SMILES string of the molecule is N#C/C(=C/NCc1cccc(CN)c1)C(=O)Nc1ccc(Cl)c([N+](=O)[O-])c1. The van der Waals surface area contributed by atoms with Crippen molar-refractivity contribution in [1.29, 1.82) is 5.26 Å². The highest BCUT2D eigenvalue weighted by atomic mass is 35.5. The number of carbonyl (C=O) groups excluding carboxylic acids is 1. The summed E-state index contributed by atoms with van der Waals surface area (Å²) in [6, 6.07) is 13.2. The molecule has 27 heavy (non-hydrogen) atoms. The molecule has 138 valence electrons. The third-order valence-corrected chi connectivity index (χ3v) is 3.87. The summed E-state index contributed by atoms with van der Waals surface area (Å²) in [7, 11) is 0. The molecule has 0 aromatic heterocycles. The number of nitrogens with two attached hydrogens (primary N) is 1. The van der Waals surface area contributed by atoms with Gasteiger partial charge in [-0.05, 0) is 23.3 Å². The Labute approximate surface area is 160 Å². The minimum atomic E-state index is -0.697. The molecular weight excluding hydrogens is 370 g/mol. The standard InChI is InChI=1S/C18H16ClN5O3/c19-16-5-4-15(7-17(16)24(26)27)23-18(25)14(9-21)11-22-10-13-3-1-2-12(6-13)8-20/h1-7,11,22H,8,10,20H2,(H,23,25)/b14-11-. The van der Waals surface area contributed by atoms with Crippen molar-refractivity contribution in [3.63, 3.8) is 0 Å². The van der Waals surface area contributed by atoms with E-state index >= 15 is 0 Å². The van der Waals surface area contributed by atoms with E-state index in [9.17, 15) is 20.2 Å². The number of hydrogen-bond acceptors (Lipinski definition) is 6. The van der Waals surface area contributed by atoms with Gasteiger partial charge in [0.1, 0.15) is 16.7 Å². The predicted molar refractivity (Wildman–Crippen MR) is 102 cm³/mol. The number of nitrogens with zero attached hydrogens (tertiary/aromatic N) is 2. The molecule has 2 aromatic carbocycles. The average molecular weight is 386 g/mol. The van der Waals surface area contributed by atoms with E-state index in [1.54, 1.807) is 6.07 Å². The molecule has 0 radical (unpaired) electrons. The number of nitriles is 1. The van der Waals surface area contributed by atoms with Gasteiger partial charge in [0.15, 0.2) is 0 Å². The zero-order chi connectivity index (χ0) is 19.8. The molecule has 0 saturated heterocycles.